The summed E-state index contributed by atoms with van der Waals surface area (Å²) in [7, 11) is 2.77. The molecule has 0 aliphatic rings. The molecule has 0 atom stereocenters. The molecule has 0 aliphatic carbocycles. The molecule has 0 N–H and O–H groups in total. The molecular formula is C12H14O3. The van der Waals surface area contributed by atoms with Gasteiger partial charge < -0.3 is 9.47 Å². The standard InChI is InChI=1S/C12H14O3/c1-9-4-6-10(7-5-9)8-11(14-2)12(13)15-3/h4-8H,1-3H3/b11-8-. The van der Waals surface area contributed by atoms with Gasteiger partial charge in [-0.2, -0.15) is 0 Å². The number of methoxy groups -OCH3 is 2. The molecule has 0 fully saturated rings. The molecule has 0 saturated carbocycles. The lowest BCUT2D eigenvalue weighted by atomic mass is 10.1. The van der Waals surface area contributed by atoms with Gasteiger partial charge in [-0.25, -0.2) is 4.79 Å². The van der Waals surface area contributed by atoms with Crippen molar-refractivity contribution in [2.75, 3.05) is 14.2 Å². The van der Waals surface area contributed by atoms with E-state index in [2.05, 4.69) is 4.74 Å². The summed E-state index contributed by atoms with van der Waals surface area (Å²) in [5.74, 6) is -0.278. The van der Waals surface area contributed by atoms with Gasteiger partial charge >= 0.3 is 5.97 Å². The molecular weight excluding hydrogens is 192 g/mol. The van der Waals surface area contributed by atoms with E-state index in [9.17, 15) is 4.79 Å². The molecule has 15 heavy (non-hydrogen) atoms. The molecule has 0 bridgehead atoms. The summed E-state index contributed by atoms with van der Waals surface area (Å²) in [6.07, 6.45) is 1.64. The summed E-state index contributed by atoms with van der Waals surface area (Å²) in [4.78, 5) is 11.2. The van der Waals surface area contributed by atoms with Gasteiger partial charge in [-0.15, -0.1) is 0 Å². The van der Waals surface area contributed by atoms with Crippen LogP contribution in [0.2, 0.25) is 0 Å². The first-order valence-electron chi connectivity index (χ1n) is 4.58. The highest BCUT2D eigenvalue weighted by molar-refractivity contribution is 5.91. The fourth-order valence-corrected chi connectivity index (χ4v) is 1.12. The van der Waals surface area contributed by atoms with Crippen molar-refractivity contribution < 1.29 is 14.3 Å². The first-order chi connectivity index (χ1) is 7.17. The van der Waals surface area contributed by atoms with Crippen molar-refractivity contribution >= 4 is 12.0 Å². The third-order valence-electron chi connectivity index (χ3n) is 1.98. The molecule has 0 radical (unpaired) electrons. The number of carbonyl (C=O) groups is 1. The van der Waals surface area contributed by atoms with Gasteiger partial charge in [-0.05, 0) is 18.6 Å². The molecule has 0 aliphatic heterocycles. The first-order valence-corrected chi connectivity index (χ1v) is 4.58. The summed E-state index contributed by atoms with van der Waals surface area (Å²) in [5, 5.41) is 0. The van der Waals surface area contributed by atoms with Crippen LogP contribution in [0, 0.1) is 6.92 Å². The molecule has 80 valence electrons. The fourth-order valence-electron chi connectivity index (χ4n) is 1.12. The van der Waals surface area contributed by atoms with Crippen molar-refractivity contribution in [3.05, 3.63) is 41.2 Å². The Kier molecular flexibility index (Phi) is 3.92. The number of benzene rings is 1. The number of rotatable bonds is 3. The van der Waals surface area contributed by atoms with Crippen molar-refractivity contribution in [1.82, 2.24) is 0 Å². The lowest BCUT2D eigenvalue weighted by Gasteiger charge is -2.03. The number of carbonyl (C=O) groups excluding carboxylic acids is 1. The third kappa shape index (κ3) is 3.13. The Hall–Kier alpha value is -1.77. The van der Waals surface area contributed by atoms with Gasteiger partial charge in [0.25, 0.3) is 0 Å². The maximum atomic E-state index is 11.2. The Bertz CT molecular complexity index is 363. The van der Waals surface area contributed by atoms with Gasteiger partial charge in [0, 0.05) is 0 Å². The van der Waals surface area contributed by atoms with E-state index in [0.717, 1.165) is 5.56 Å². The van der Waals surface area contributed by atoms with Crippen molar-refractivity contribution in [1.29, 1.82) is 0 Å². The van der Waals surface area contributed by atoms with E-state index in [0.29, 0.717) is 0 Å². The summed E-state index contributed by atoms with van der Waals surface area (Å²) >= 11 is 0. The monoisotopic (exact) mass is 206 g/mol. The topological polar surface area (TPSA) is 35.5 Å². The molecule has 3 nitrogen and oxygen atoms in total. The van der Waals surface area contributed by atoms with Gasteiger partial charge in [0.2, 0.25) is 5.76 Å². The van der Waals surface area contributed by atoms with E-state index in [-0.39, 0.29) is 5.76 Å². The minimum atomic E-state index is -0.474. The zero-order valence-corrected chi connectivity index (χ0v) is 9.11. The second-order valence-corrected chi connectivity index (χ2v) is 3.11. The third-order valence-corrected chi connectivity index (χ3v) is 1.98. The molecule has 1 aromatic carbocycles. The first kappa shape index (κ1) is 11.3. The zero-order chi connectivity index (χ0) is 11.3. The van der Waals surface area contributed by atoms with Crippen LogP contribution >= 0.6 is 0 Å². The molecule has 0 aromatic heterocycles. The Morgan fingerprint density at radius 3 is 2.20 bits per heavy atom. The highest BCUT2D eigenvalue weighted by atomic mass is 16.6. The normalized spacial score (nSPS) is 11.0. The predicted molar refractivity (Wildman–Crippen MR) is 58.2 cm³/mol. The van der Waals surface area contributed by atoms with Crippen molar-refractivity contribution in [3.8, 4) is 0 Å². The van der Waals surface area contributed by atoms with Gasteiger partial charge in [-0.3, -0.25) is 0 Å². The highest BCUT2D eigenvalue weighted by Gasteiger charge is 2.08. The Morgan fingerprint density at radius 1 is 1.13 bits per heavy atom. The molecule has 0 heterocycles. The Morgan fingerprint density at radius 2 is 1.73 bits per heavy atom. The van der Waals surface area contributed by atoms with E-state index in [1.807, 2.05) is 31.2 Å². The van der Waals surface area contributed by atoms with Gasteiger partial charge in [-0.1, -0.05) is 29.8 Å². The van der Waals surface area contributed by atoms with Crippen LogP contribution in [0.4, 0.5) is 0 Å². The predicted octanol–water partition coefficient (Wildman–Crippen LogP) is 2.16. The van der Waals surface area contributed by atoms with Crippen LogP contribution in [0.1, 0.15) is 11.1 Å². The zero-order valence-electron chi connectivity index (χ0n) is 9.11. The Balaban J connectivity index is 2.93. The summed E-state index contributed by atoms with van der Waals surface area (Å²) in [6.45, 7) is 2.00. The lowest BCUT2D eigenvalue weighted by Crippen LogP contribution is -2.06. The minimum absolute atomic E-state index is 0.196. The van der Waals surface area contributed by atoms with Crippen molar-refractivity contribution in [3.63, 3.8) is 0 Å². The molecule has 0 saturated heterocycles. The van der Waals surface area contributed by atoms with Crippen LogP contribution in [0.15, 0.2) is 30.0 Å². The molecule has 0 unspecified atom stereocenters. The van der Waals surface area contributed by atoms with Gasteiger partial charge in [0.05, 0.1) is 14.2 Å². The average Bonchev–Trinajstić information content (AvgIpc) is 2.27. The average molecular weight is 206 g/mol. The van der Waals surface area contributed by atoms with Crippen molar-refractivity contribution in [2.45, 2.75) is 6.92 Å². The molecule has 0 spiro atoms. The summed E-state index contributed by atoms with van der Waals surface area (Å²) in [5.41, 5.74) is 2.08. The quantitative estimate of drug-likeness (QED) is 0.432. The van der Waals surface area contributed by atoms with E-state index in [1.54, 1.807) is 6.08 Å². The second-order valence-electron chi connectivity index (χ2n) is 3.11. The van der Waals surface area contributed by atoms with Crippen molar-refractivity contribution in [2.24, 2.45) is 0 Å². The van der Waals surface area contributed by atoms with E-state index in [1.165, 1.54) is 19.8 Å². The molecule has 1 aromatic rings. The van der Waals surface area contributed by atoms with E-state index < -0.39 is 5.97 Å². The van der Waals surface area contributed by atoms with Gasteiger partial charge in [0.1, 0.15) is 0 Å². The largest absolute Gasteiger partial charge is 0.490 e. The van der Waals surface area contributed by atoms with Crippen LogP contribution in [0.25, 0.3) is 6.08 Å². The molecule has 0 amide bonds. The van der Waals surface area contributed by atoms with Crippen LogP contribution < -0.4 is 0 Å². The fraction of sp³-hybridized carbons (Fsp3) is 0.250. The summed E-state index contributed by atoms with van der Waals surface area (Å²) in [6, 6.07) is 7.77. The van der Waals surface area contributed by atoms with Crippen LogP contribution in [-0.4, -0.2) is 20.2 Å². The van der Waals surface area contributed by atoms with E-state index >= 15 is 0 Å². The Labute approximate surface area is 89.3 Å². The summed E-state index contributed by atoms with van der Waals surface area (Å²) < 4.78 is 9.49. The smallest absolute Gasteiger partial charge is 0.373 e. The lowest BCUT2D eigenvalue weighted by molar-refractivity contribution is -0.139. The van der Waals surface area contributed by atoms with Crippen LogP contribution in [0.5, 0.6) is 0 Å². The number of hydrogen-bond acceptors (Lipinski definition) is 3. The highest BCUT2D eigenvalue weighted by Crippen LogP contribution is 2.09. The number of hydrogen-bond donors (Lipinski definition) is 0. The maximum Gasteiger partial charge on any atom is 0.373 e. The van der Waals surface area contributed by atoms with Crippen LogP contribution in [-0.2, 0) is 14.3 Å². The number of aryl methyl sites for hydroxylation is 1. The number of esters is 1. The second kappa shape index (κ2) is 5.20. The minimum Gasteiger partial charge on any atom is -0.490 e. The van der Waals surface area contributed by atoms with E-state index in [4.69, 9.17) is 4.74 Å². The molecule has 1 rings (SSSR count). The van der Waals surface area contributed by atoms with Gasteiger partial charge in [0.15, 0.2) is 0 Å². The molecule has 3 heteroatoms. The number of ether oxygens (including phenoxy) is 2. The SMILES string of the molecule is COC(=O)/C(=C/c1ccc(C)cc1)OC. The van der Waals surface area contributed by atoms with Crippen LogP contribution in [0.3, 0.4) is 0 Å². The maximum absolute atomic E-state index is 11.2.